The molecule has 21 heavy (non-hydrogen) atoms. The van der Waals surface area contributed by atoms with Crippen LogP contribution in [0.1, 0.15) is 50.1 Å². The minimum absolute atomic E-state index is 0.0690. The van der Waals surface area contributed by atoms with Crippen LogP contribution in [0.2, 0.25) is 0 Å². The summed E-state index contributed by atoms with van der Waals surface area (Å²) in [6.07, 6.45) is 4.61. The van der Waals surface area contributed by atoms with E-state index in [0.29, 0.717) is 5.56 Å². The number of rotatable bonds is 3. The molecule has 6 heteroatoms. The van der Waals surface area contributed by atoms with Crippen LogP contribution in [0.3, 0.4) is 0 Å². The summed E-state index contributed by atoms with van der Waals surface area (Å²) in [6, 6.07) is 6.16. The summed E-state index contributed by atoms with van der Waals surface area (Å²) < 4.78 is 27.1. The molecule has 2 aliphatic rings. The molecule has 0 spiro atoms. The first kappa shape index (κ1) is 14.5. The lowest BCUT2D eigenvalue weighted by atomic mass is 9.93. The van der Waals surface area contributed by atoms with Gasteiger partial charge in [-0.1, -0.05) is 37.5 Å². The largest absolute Gasteiger partial charge is 0.481 e. The second-order valence-electron chi connectivity index (χ2n) is 5.78. The molecule has 0 radical (unpaired) electrons. The molecule has 114 valence electrons. The van der Waals surface area contributed by atoms with Gasteiger partial charge in [-0.25, -0.2) is 8.42 Å². The first-order chi connectivity index (χ1) is 10.0. The lowest BCUT2D eigenvalue weighted by Crippen LogP contribution is -2.40. The zero-order chi connectivity index (χ0) is 15.0. The predicted molar refractivity (Wildman–Crippen MR) is 77.3 cm³/mol. The summed E-state index contributed by atoms with van der Waals surface area (Å²) in [7, 11) is -3.57. The average Bonchev–Trinajstić information content (AvgIpc) is 2.68. The first-order valence-corrected chi connectivity index (χ1v) is 8.80. The van der Waals surface area contributed by atoms with E-state index in [4.69, 9.17) is 5.11 Å². The van der Waals surface area contributed by atoms with Crippen LogP contribution in [0.4, 0.5) is 0 Å². The second kappa shape index (κ2) is 5.42. The third kappa shape index (κ3) is 2.46. The maximum atomic E-state index is 12.8. The Morgan fingerprint density at radius 2 is 1.86 bits per heavy atom. The Labute approximate surface area is 124 Å². The lowest BCUT2D eigenvalue weighted by molar-refractivity contribution is -0.138. The van der Waals surface area contributed by atoms with Gasteiger partial charge in [0.2, 0.25) is 10.0 Å². The minimum atomic E-state index is -3.57. The van der Waals surface area contributed by atoms with Gasteiger partial charge in [0.1, 0.15) is 0 Å². The Kier molecular flexibility index (Phi) is 3.75. The van der Waals surface area contributed by atoms with Crippen molar-refractivity contribution in [3.05, 3.63) is 29.8 Å². The van der Waals surface area contributed by atoms with E-state index in [1.165, 1.54) is 4.31 Å². The average molecular weight is 309 g/mol. The van der Waals surface area contributed by atoms with Gasteiger partial charge < -0.3 is 5.11 Å². The van der Waals surface area contributed by atoms with Crippen molar-refractivity contribution < 1.29 is 18.3 Å². The molecular formula is C15H19NO4S. The van der Waals surface area contributed by atoms with Crippen molar-refractivity contribution in [2.24, 2.45) is 0 Å². The Morgan fingerprint density at radius 1 is 1.19 bits per heavy atom. The quantitative estimate of drug-likeness (QED) is 0.931. The molecular weight excluding hydrogens is 290 g/mol. The van der Waals surface area contributed by atoms with Gasteiger partial charge in [-0.05, 0) is 24.5 Å². The summed E-state index contributed by atoms with van der Waals surface area (Å²) in [6.45, 7) is 0. The predicted octanol–water partition coefficient (Wildman–Crippen LogP) is 2.54. The summed E-state index contributed by atoms with van der Waals surface area (Å²) in [4.78, 5) is 11.5. The standard InChI is InChI=1S/C15H19NO4S/c17-15(18)10-13-12-8-4-5-9-14(12)21(19,20)16(13)11-6-2-1-3-7-11/h4-5,8-9,11,13H,1-3,6-7,10H2,(H,17,18)/t13-/m0/s1. The van der Waals surface area contributed by atoms with Gasteiger partial charge in [0, 0.05) is 6.04 Å². The fourth-order valence-corrected chi connectivity index (χ4v) is 5.67. The van der Waals surface area contributed by atoms with Crippen molar-refractivity contribution in [1.29, 1.82) is 0 Å². The molecule has 5 nitrogen and oxygen atoms in total. The smallest absolute Gasteiger partial charge is 0.305 e. The molecule has 3 rings (SSSR count). The van der Waals surface area contributed by atoms with Crippen molar-refractivity contribution in [2.45, 2.75) is 55.5 Å². The topological polar surface area (TPSA) is 74.7 Å². The minimum Gasteiger partial charge on any atom is -0.481 e. The van der Waals surface area contributed by atoms with Gasteiger partial charge in [0.15, 0.2) is 0 Å². The summed E-state index contributed by atoms with van der Waals surface area (Å²) >= 11 is 0. The molecule has 1 N–H and O–H groups in total. The number of carboxylic acids is 1. The normalized spacial score (nSPS) is 25.6. The fourth-order valence-electron chi connectivity index (χ4n) is 3.56. The molecule has 0 amide bonds. The van der Waals surface area contributed by atoms with E-state index < -0.39 is 22.0 Å². The Balaban J connectivity index is 2.06. The van der Waals surface area contributed by atoms with Crippen LogP contribution in [-0.2, 0) is 14.8 Å². The molecule has 1 aromatic carbocycles. The van der Waals surface area contributed by atoms with Crippen LogP contribution in [-0.4, -0.2) is 29.8 Å². The van der Waals surface area contributed by atoms with E-state index >= 15 is 0 Å². The van der Waals surface area contributed by atoms with Gasteiger partial charge in [0.25, 0.3) is 0 Å². The molecule has 1 aliphatic heterocycles. The maximum absolute atomic E-state index is 12.8. The van der Waals surface area contributed by atoms with Crippen LogP contribution in [0.5, 0.6) is 0 Å². The number of fused-ring (bicyclic) bond motifs is 1. The number of hydrogen-bond acceptors (Lipinski definition) is 3. The molecule has 1 fully saturated rings. The van der Waals surface area contributed by atoms with Crippen LogP contribution in [0.25, 0.3) is 0 Å². The van der Waals surface area contributed by atoms with Crippen LogP contribution in [0, 0.1) is 0 Å². The number of benzene rings is 1. The van der Waals surface area contributed by atoms with Gasteiger partial charge >= 0.3 is 5.97 Å². The number of nitrogens with zero attached hydrogens (tertiary/aromatic N) is 1. The van der Waals surface area contributed by atoms with Crippen molar-refractivity contribution >= 4 is 16.0 Å². The third-order valence-corrected chi connectivity index (χ3v) is 6.48. The Hall–Kier alpha value is -1.40. The molecule has 1 atom stereocenters. The van der Waals surface area contributed by atoms with E-state index in [1.807, 2.05) is 0 Å². The molecule has 0 bridgehead atoms. The zero-order valence-corrected chi connectivity index (χ0v) is 12.6. The zero-order valence-electron chi connectivity index (χ0n) is 11.7. The number of aliphatic carboxylic acids is 1. The number of carboxylic acid groups (broad SMARTS) is 1. The van der Waals surface area contributed by atoms with Crippen LogP contribution in [0.15, 0.2) is 29.2 Å². The Morgan fingerprint density at radius 3 is 2.52 bits per heavy atom. The molecule has 0 aromatic heterocycles. The SMILES string of the molecule is O=C(O)C[C@H]1c2ccccc2S(=O)(=O)N1C1CCCCC1. The van der Waals surface area contributed by atoms with Crippen LogP contribution < -0.4 is 0 Å². The molecule has 1 aliphatic carbocycles. The highest BCUT2D eigenvalue weighted by Gasteiger charge is 2.46. The number of hydrogen-bond donors (Lipinski definition) is 1. The van der Waals surface area contributed by atoms with Crippen molar-refractivity contribution in [1.82, 2.24) is 4.31 Å². The maximum Gasteiger partial charge on any atom is 0.305 e. The Bertz CT molecular complexity index is 649. The number of sulfonamides is 1. The number of carbonyl (C=O) groups is 1. The van der Waals surface area contributed by atoms with Gasteiger partial charge in [-0.2, -0.15) is 4.31 Å². The summed E-state index contributed by atoms with van der Waals surface area (Å²) in [5.74, 6) is -0.965. The molecule has 0 saturated heterocycles. The molecule has 1 aromatic rings. The van der Waals surface area contributed by atoms with E-state index in [9.17, 15) is 13.2 Å². The van der Waals surface area contributed by atoms with E-state index in [1.54, 1.807) is 24.3 Å². The third-order valence-electron chi connectivity index (χ3n) is 4.44. The lowest BCUT2D eigenvalue weighted by Gasteiger charge is -2.33. The molecule has 0 unspecified atom stereocenters. The molecule has 1 heterocycles. The highest BCUT2D eigenvalue weighted by molar-refractivity contribution is 7.89. The highest BCUT2D eigenvalue weighted by atomic mass is 32.2. The van der Waals surface area contributed by atoms with Gasteiger partial charge in [-0.15, -0.1) is 0 Å². The van der Waals surface area contributed by atoms with Crippen molar-refractivity contribution in [2.75, 3.05) is 0 Å². The first-order valence-electron chi connectivity index (χ1n) is 7.36. The van der Waals surface area contributed by atoms with Crippen LogP contribution >= 0.6 is 0 Å². The van der Waals surface area contributed by atoms with Gasteiger partial charge in [-0.3, -0.25) is 4.79 Å². The summed E-state index contributed by atoms with van der Waals surface area (Å²) in [5.41, 5.74) is 0.630. The van der Waals surface area contributed by atoms with E-state index in [-0.39, 0.29) is 17.4 Å². The van der Waals surface area contributed by atoms with Gasteiger partial charge in [0.05, 0.1) is 17.4 Å². The fraction of sp³-hybridized carbons (Fsp3) is 0.533. The van der Waals surface area contributed by atoms with Crippen molar-refractivity contribution in [3.8, 4) is 0 Å². The molecule has 1 saturated carbocycles. The van der Waals surface area contributed by atoms with E-state index in [0.717, 1.165) is 32.1 Å². The highest BCUT2D eigenvalue weighted by Crippen LogP contribution is 2.45. The monoisotopic (exact) mass is 309 g/mol. The van der Waals surface area contributed by atoms with E-state index in [2.05, 4.69) is 0 Å². The van der Waals surface area contributed by atoms with Crippen molar-refractivity contribution in [3.63, 3.8) is 0 Å². The summed E-state index contributed by atoms with van der Waals surface area (Å²) in [5, 5.41) is 9.16. The second-order valence-corrected chi connectivity index (χ2v) is 7.59.